The summed E-state index contributed by atoms with van der Waals surface area (Å²) in [5.41, 5.74) is 2.73. The third kappa shape index (κ3) is 3.39. The molecule has 0 fully saturated rings. The Bertz CT molecular complexity index is 1300. The largest absolute Gasteiger partial charge is 0.462 e. The van der Waals surface area contributed by atoms with Gasteiger partial charge in [-0.05, 0) is 63.6 Å². The van der Waals surface area contributed by atoms with Gasteiger partial charge in [0.2, 0.25) is 0 Å². The summed E-state index contributed by atoms with van der Waals surface area (Å²) in [7, 11) is 0. The highest BCUT2D eigenvalue weighted by Gasteiger charge is 2.51. The van der Waals surface area contributed by atoms with Crippen molar-refractivity contribution in [1.29, 1.82) is 0 Å². The van der Waals surface area contributed by atoms with Gasteiger partial charge in [-0.1, -0.05) is 24.3 Å². The van der Waals surface area contributed by atoms with E-state index in [1.807, 2.05) is 13.0 Å². The average molecular weight is 454 g/mol. The van der Waals surface area contributed by atoms with E-state index < -0.39 is 5.41 Å². The molecule has 0 atom stereocenters. The third-order valence-corrected chi connectivity index (χ3v) is 6.64. The van der Waals surface area contributed by atoms with E-state index in [0.717, 1.165) is 35.7 Å². The van der Waals surface area contributed by atoms with Crippen molar-refractivity contribution >= 4 is 22.8 Å². The van der Waals surface area contributed by atoms with Crippen molar-refractivity contribution in [3.05, 3.63) is 101 Å². The van der Waals surface area contributed by atoms with Crippen LogP contribution in [-0.2, 0) is 4.74 Å². The summed E-state index contributed by atoms with van der Waals surface area (Å²) in [5, 5.41) is 0. The Morgan fingerprint density at radius 2 is 1.56 bits per heavy atom. The van der Waals surface area contributed by atoms with Gasteiger partial charge in [0.25, 0.3) is 0 Å². The zero-order valence-electron chi connectivity index (χ0n) is 19.8. The Labute approximate surface area is 199 Å². The fourth-order valence-corrected chi connectivity index (χ4v) is 4.96. The second kappa shape index (κ2) is 8.17. The lowest BCUT2D eigenvalue weighted by molar-refractivity contribution is 0.0792. The number of hydrogen-bond donors (Lipinski definition) is 0. The second-order valence-electron chi connectivity index (χ2n) is 8.81. The standard InChI is InChI=1S/C29H27NO4/c1-5-30(6-2)20-11-12-23-18(3)13-21(34-26(23)14-20)15-22-17-29(16-19(4)33-22)27(31)24-9-7-8-10-25(24)28(29)32/h7-17H,5-6H2,1-4H3/b21-15+. The van der Waals surface area contributed by atoms with Crippen LogP contribution >= 0.6 is 0 Å². The lowest BCUT2D eigenvalue weighted by Gasteiger charge is -2.26. The Kier molecular flexibility index (Phi) is 5.28. The molecule has 0 saturated heterocycles. The molecule has 2 heterocycles. The van der Waals surface area contributed by atoms with Crippen LogP contribution in [0.3, 0.4) is 0 Å². The molecule has 1 aliphatic carbocycles. The molecule has 0 bridgehead atoms. The molecule has 0 N–H and O–H groups in total. The van der Waals surface area contributed by atoms with E-state index >= 15 is 0 Å². The number of nitrogens with zero attached hydrogens (tertiary/aromatic N) is 1. The van der Waals surface area contributed by atoms with Crippen molar-refractivity contribution in [3.8, 4) is 5.75 Å². The Balaban J connectivity index is 1.52. The molecule has 3 aliphatic rings. The molecule has 2 aromatic rings. The van der Waals surface area contributed by atoms with E-state index in [-0.39, 0.29) is 11.6 Å². The van der Waals surface area contributed by atoms with Gasteiger partial charge >= 0.3 is 0 Å². The summed E-state index contributed by atoms with van der Waals surface area (Å²) in [5.74, 6) is 1.83. The van der Waals surface area contributed by atoms with Crippen LogP contribution in [0.1, 0.15) is 54.0 Å². The van der Waals surface area contributed by atoms with E-state index in [4.69, 9.17) is 9.47 Å². The van der Waals surface area contributed by atoms with Crippen molar-refractivity contribution in [2.24, 2.45) is 5.41 Å². The number of fused-ring (bicyclic) bond motifs is 2. The molecule has 0 amide bonds. The topological polar surface area (TPSA) is 55.8 Å². The van der Waals surface area contributed by atoms with Gasteiger partial charge in [-0.15, -0.1) is 0 Å². The molecule has 34 heavy (non-hydrogen) atoms. The fourth-order valence-electron chi connectivity index (χ4n) is 4.96. The quantitative estimate of drug-likeness (QED) is 0.524. The van der Waals surface area contributed by atoms with Gasteiger partial charge < -0.3 is 14.4 Å². The van der Waals surface area contributed by atoms with Crippen molar-refractivity contribution in [3.63, 3.8) is 0 Å². The van der Waals surface area contributed by atoms with Crippen LogP contribution in [0.2, 0.25) is 0 Å². The highest BCUT2D eigenvalue weighted by molar-refractivity contribution is 6.32. The number of ether oxygens (including phenoxy) is 2. The molecule has 2 aromatic carbocycles. The number of hydrogen-bond acceptors (Lipinski definition) is 5. The number of anilines is 1. The predicted molar refractivity (Wildman–Crippen MR) is 133 cm³/mol. The van der Waals surface area contributed by atoms with Gasteiger partial charge in [0, 0.05) is 47.6 Å². The molecule has 0 unspecified atom stereocenters. The molecule has 0 radical (unpaired) electrons. The first-order valence-electron chi connectivity index (χ1n) is 11.6. The van der Waals surface area contributed by atoms with Gasteiger partial charge in [0.15, 0.2) is 11.6 Å². The maximum Gasteiger partial charge on any atom is 0.185 e. The Morgan fingerprint density at radius 1 is 0.882 bits per heavy atom. The number of carbonyl (C=O) groups excluding carboxylic acids is 2. The highest BCUT2D eigenvalue weighted by atomic mass is 16.5. The van der Waals surface area contributed by atoms with E-state index in [0.29, 0.717) is 28.4 Å². The smallest absolute Gasteiger partial charge is 0.185 e. The van der Waals surface area contributed by atoms with E-state index in [9.17, 15) is 9.59 Å². The molecule has 0 saturated carbocycles. The average Bonchev–Trinajstić information content (AvgIpc) is 3.01. The van der Waals surface area contributed by atoms with Gasteiger partial charge in [-0.2, -0.15) is 0 Å². The van der Waals surface area contributed by atoms with Crippen LogP contribution in [0.4, 0.5) is 5.69 Å². The minimum Gasteiger partial charge on any atom is -0.462 e. The fraction of sp³-hybridized carbons (Fsp3) is 0.241. The molecule has 1 spiro atoms. The van der Waals surface area contributed by atoms with E-state index in [2.05, 4.69) is 36.9 Å². The van der Waals surface area contributed by atoms with E-state index in [1.54, 1.807) is 49.4 Å². The molecule has 0 aromatic heterocycles. The first-order chi connectivity index (χ1) is 16.4. The maximum absolute atomic E-state index is 13.3. The van der Waals surface area contributed by atoms with Gasteiger partial charge in [0.05, 0.1) is 5.76 Å². The van der Waals surface area contributed by atoms with Gasteiger partial charge in [-0.25, -0.2) is 0 Å². The SMILES string of the molecule is CCN(CC)c1ccc2c(c1)O/C(=C/C1=CC3(C=C(C)O1)C(=O)c1ccccc1C3=O)C=C2C. The Hall–Kier alpha value is -3.86. The zero-order valence-corrected chi connectivity index (χ0v) is 19.8. The number of benzene rings is 2. The normalized spacial score (nSPS) is 19.1. The second-order valence-corrected chi connectivity index (χ2v) is 8.81. The van der Waals surface area contributed by atoms with Crippen molar-refractivity contribution < 1.29 is 19.1 Å². The summed E-state index contributed by atoms with van der Waals surface area (Å²) >= 11 is 0. The van der Waals surface area contributed by atoms with Crippen molar-refractivity contribution in [2.45, 2.75) is 27.7 Å². The minimum atomic E-state index is -1.38. The molecule has 5 rings (SSSR count). The summed E-state index contributed by atoms with van der Waals surface area (Å²) < 4.78 is 12.1. The number of ketones is 2. The maximum atomic E-state index is 13.3. The number of Topliss-reactive ketones (excluding diaryl/α,β-unsaturated/α-hetero) is 2. The first kappa shape index (κ1) is 22.0. The molecule has 2 aliphatic heterocycles. The summed E-state index contributed by atoms with van der Waals surface area (Å²) in [4.78, 5) is 28.9. The highest BCUT2D eigenvalue weighted by Crippen LogP contribution is 2.44. The van der Waals surface area contributed by atoms with Crippen LogP contribution < -0.4 is 9.64 Å². The van der Waals surface area contributed by atoms with Crippen LogP contribution in [0.25, 0.3) is 5.57 Å². The third-order valence-electron chi connectivity index (χ3n) is 6.64. The monoisotopic (exact) mass is 453 g/mol. The molecular weight excluding hydrogens is 426 g/mol. The number of carbonyl (C=O) groups is 2. The predicted octanol–water partition coefficient (Wildman–Crippen LogP) is 6.10. The molecule has 5 nitrogen and oxygen atoms in total. The summed E-state index contributed by atoms with van der Waals surface area (Å²) in [6.07, 6.45) is 6.93. The van der Waals surface area contributed by atoms with Gasteiger partial charge in [0.1, 0.15) is 22.7 Å². The number of rotatable bonds is 4. The summed E-state index contributed by atoms with van der Waals surface area (Å²) in [6, 6.07) is 13.2. The molecule has 5 heteroatoms. The van der Waals surface area contributed by atoms with Crippen LogP contribution in [0.15, 0.2) is 84.0 Å². The lowest BCUT2D eigenvalue weighted by Crippen LogP contribution is -2.32. The first-order valence-corrected chi connectivity index (χ1v) is 11.6. The Morgan fingerprint density at radius 3 is 2.21 bits per heavy atom. The number of allylic oxidation sites excluding steroid dienone is 6. The lowest BCUT2D eigenvalue weighted by atomic mass is 9.80. The van der Waals surface area contributed by atoms with Crippen LogP contribution in [0.5, 0.6) is 5.75 Å². The minimum absolute atomic E-state index is 0.225. The van der Waals surface area contributed by atoms with Crippen molar-refractivity contribution in [2.75, 3.05) is 18.0 Å². The van der Waals surface area contributed by atoms with Crippen LogP contribution in [-0.4, -0.2) is 24.7 Å². The van der Waals surface area contributed by atoms with E-state index in [1.165, 1.54) is 0 Å². The van der Waals surface area contributed by atoms with Gasteiger partial charge in [-0.3, -0.25) is 9.59 Å². The van der Waals surface area contributed by atoms with Crippen molar-refractivity contribution in [1.82, 2.24) is 0 Å². The summed E-state index contributed by atoms with van der Waals surface area (Å²) in [6.45, 7) is 9.86. The zero-order chi connectivity index (χ0) is 24.0. The molecule has 172 valence electrons. The molecular formula is C29H27NO4. The van der Waals surface area contributed by atoms with Crippen LogP contribution in [0, 0.1) is 5.41 Å².